The average molecular weight is 266 g/mol. The summed E-state index contributed by atoms with van der Waals surface area (Å²) < 4.78 is 10.7. The molecule has 0 amide bonds. The quantitative estimate of drug-likeness (QED) is 0.779. The van der Waals surface area contributed by atoms with Crippen molar-refractivity contribution in [1.82, 2.24) is 0 Å². The van der Waals surface area contributed by atoms with Crippen LogP contribution in [0.15, 0.2) is 48.2 Å². The lowest BCUT2D eigenvalue weighted by molar-refractivity contribution is 0.101. The molecule has 0 fully saturated rings. The van der Waals surface area contributed by atoms with Crippen LogP contribution in [0.3, 0.4) is 0 Å². The SMILES string of the molecule is COc1ccc(/C=C2/Oc3ccc(C)cc3C2=O)cc1. The summed E-state index contributed by atoms with van der Waals surface area (Å²) in [6.07, 6.45) is 1.75. The predicted molar refractivity (Wildman–Crippen MR) is 77.1 cm³/mol. The fourth-order valence-corrected chi connectivity index (χ4v) is 2.15. The van der Waals surface area contributed by atoms with Crippen molar-refractivity contribution < 1.29 is 14.3 Å². The number of ketones is 1. The zero-order valence-corrected chi connectivity index (χ0v) is 11.3. The Morgan fingerprint density at radius 2 is 1.85 bits per heavy atom. The van der Waals surface area contributed by atoms with Gasteiger partial charge in [0.2, 0.25) is 5.78 Å². The summed E-state index contributed by atoms with van der Waals surface area (Å²) >= 11 is 0. The largest absolute Gasteiger partial charge is 0.497 e. The number of carbonyl (C=O) groups excluding carboxylic acids is 1. The van der Waals surface area contributed by atoms with E-state index >= 15 is 0 Å². The van der Waals surface area contributed by atoms with Gasteiger partial charge < -0.3 is 9.47 Å². The van der Waals surface area contributed by atoms with Crippen molar-refractivity contribution in [3.05, 3.63) is 64.9 Å². The maximum absolute atomic E-state index is 12.3. The highest BCUT2D eigenvalue weighted by atomic mass is 16.5. The summed E-state index contributed by atoms with van der Waals surface area (Å²) in [7, 11) is 1.62. The molecule has 0 aromatic heterocycles. The second kappa shape index (κ2) is 4.85. The van der Waals surface area contributed by atoms with Crippen molar-refractivity contribution in [1.29, 1.82) is 0 Å². The van der Waals surface area contributed by atoms with Crippen LogP contribution in [0.1, 0.15) is 21.5 Å². The molecule has 0 unspecified atom stereocenters. The lowest BCUT2D eigenvalue weighted by Crippen LogP contribution is -1.98. The third kappa shape index (κ3) is 2.18. The first-order valence-electron chi connectivity index (χ1n) is 6.36. The van der Waals surface area contributed by atoms with Gasteiger partial charge in [-0.3, -0.25) is 4.79 Å². The van der Waals surface area contributed by atoms with E-state index in [9.17, 15) is 4.79 Å². The van der Waals surface area contributed by atoms with Crippen molar-refractivity contribution >= 4 is 11.9 Å². The van der Waals surface area contributed by atoms with Crippen molar-refractivity contribution in [3.63, 3.8) is 0 Å². The van der Waals surface area contributed by atoms with Gasteiger partial charge in [-0.1, -0.05) is 23.8 Å². The second-order valence-electron chi connectivity index (χ2n) is 4.71. The molecule has 100 valence electrons. The summed E-state index contributed by atoms with van der Waals surface area (Å²) in [5.74, 6) is 1.69. The highest BCUT2D eigenvalue weighted by Gasteiger charge is 2.26. The van der Waals surface area contributed by atoms with Crippen LogP contribution in [0.5, 0.6) is 11.5 Å². The van der Waals surface area contributed by atoms with Gasteiger partial charge in [-0.25, -0.2) is 0 Å². The lowest BCUT2D eigenvalue weighted by Gasteiger charge is -2.01. The van der Waals surface area contributed by atoms with Crippen molar-refractivity contribution in [3.8, 4) is 11.5 Å². The number of rotatable bonds is 2. The molecule has 0 spiro atoms. The number of Topliss-reactive ketones (excluding diaryl/α,β-unsaturated/α-hetero) is 1. The molecule has 20 heavy (non-hydrogen) atoms. The third-order valence-electron chi connectivity index (χ3n) is 3.24. The molecule has 0 saturated carbocycles. The monoisotopic (exact) mass is 266 g/mol. The molecule has 0 atom stereocenters. The smallest absolute Gasteiger partial charge is 0.231 e. The molecule has 0 aliphatic carbocycles. The van der Waals surface area contributed by atoms with Crippen LogP contribution in [0, 0.1) is 6.92 Å². The highest BCUT2D eigenvalue weighted by molar-refractivity contribution is 6.14. The molecule has 2 aromatic carbocycles. The van der Waals surface area contributed by atoms with Crippen LogP contribution in [0.4, 0.5) is 0 Å². The van der Waals surface area contributed by atoms with Gasteiger partial charge in [-0.2, -0.15) is 0 Å². The van der Waals surface area contributed by atoms with Crippen LogP contribution in [0.2, 0.25) is 0 Å². The van der Waals surface area contributed by atoms with E-state index in [1.807, 2.05) is 49.4 Å². The number of methoxy groups -OCH3 is 1. The third-order valence-corrected chi connectivity index (χ3v) is 3.24. The van der Waals surface area contributed by atoms with Gasteiger partial charge in [0.1, 0.15) is 11.5 Å². The normalized spacial score (nSPS) is 15.1. The van der Waals surface area contributed by atoms with E-state index in [-0.39, 0.29) is 5.78 Å². The van der Waals surface area contributed by atoms with E-state index in [4.69, 9.17) is 9.47 Å². The summed E-state index contributed by atoms with van der Waals surface area (Å²) in [4.78, 5) is 12.3. The van der Waals surface area contributed by atoms with E-state index < -0.39 is 0 Å². The number of aryl methyl sites for hydroxylation is 1. The van der Waals surface area contributed by atoms with Crippen LogP contribution < -0.4 is 9.47 Å². The molecule has 0 saturated heterocycles. The first kappa shape index (κ1) is 12.5. The van der Waals surface area contributed by atoms with Crippen LogP contribution >= 0.6 is 0 Å². The first-order valence-corrected chi connectivity index (χ1v) is 6.36. The van der Waals surface area contributed by atoms with E-state index in [2.05, 4.69) is 0 Å². The number of benzene rings is 2. The molecule has 0 N–H and O–H groups in total. The molecular weight excluding hydrogens is 252 g/mol. The first-order chi connectivity index (χ1) is 9.67. The van der Waals surface area contributed by atoms with Gasteiger partial charge in [-0.05, 0) is 42.8 Å². The fourth-order valence-electron chi connectivity index (χ4n) is 2.15. The van der Waals surface area contributed by atoms with E-state index in [1.54, 1.807) is 13.2 Å². The van der Waals surface area contributed by atoms with Crippen molar-refractivity contribution in [2.75, 3.05) is 7.11 Å². The van der Waals surface area contributed by atoms with E-state index in [0.717, 1.165) is 16.9 Å². The Morgan fingerprint density at radius 3 is 2.55 bits per heavy atom. The highest BCUT2D eigenvalue weighted by Crippen LogP contribution is 2.32. The Balaban J connectivity index is 1.92. The average Bonchev–Trinajstić information content (AvgIpc) is 2.76. The number of hydrogen-bond donors (Lipinski definition) is 0. The number of allylic oxidation sites excluding steroid dienone is 1. The Morgan fingerprint density at radius 1 is 1.10 bits per heavy atom. The maximum atomic E-state index is 12.3. The minimum absolute atomic E-state index is 0.0699. The Labute approximate surface area is 117 Å². The van der Waals surface area contributed by atoms with Gasteiger partial charge in [0, 0.05) is 0 Å². The standard InChI is InChI=1S/C17H14O3/c1-11-3-8-15-14(9-11)17(18)16(20-15)10-12-4-6-13(19-2)7-5-12/h3-10H,1-2H3/b16-10+. The zero-order chi connectivity index (χ0) is 14.1. The molecular formula is C17H14O3. The van der Waals surface area contributed by atoms with E-state index in [0.29, 0.717) is 17.1 Å². The van der Waals surface area contributed by atoms with Crippen molar-refractivity contribution in [2.24, 2.45) is 0 Å². The minimum Gasteiger partial charge on any atom is -0.497 e. The molecule has 3 heteroatoms. The van der Waals surface area contributed by atoms with Gasteiger partial charge in [-0.15, -0.1) is 0 Å². The summed E-state index contributed by atoms with van der Waals surface area (Å²) in [5.41, 5.74) is 2.58. The molecule has 0 radical (unpaired) electrons. The Kier molecular flexibility index (Phi) is 3.03. The van der Waals surface area contributed by atoms with Gasteiger partial charge in [0.25, 0.3) is 0 Å². The van der Waals surface area contributed by atoms with Crippen molar-refractivity contribution in [2.45, 2.75) is 6.92 Å². The van der Waals surface area contributed by atoms with Crippen LogP contribution in [-0.4, -0.2) is 12.9 Å². The molecule has 1 aliphatic heterocycles. The van der Waals surface area contributed by atoms with Crippen LogP contribution in [0.25, 0.3) is 6.08 Å². The molecule has 1 heterocycles. The van der Waals surface area contributed by atoms with Gasteiger partial charge in [0.05, 0.1) is 12.7 Å². The number of fused-ring (bicyclic) bond motifs is 1. The summed E-state index contributed by atoms with van der Waals surface area (Å²) in [6.45, 7) is 1.96. The number of ether oxygens (including phenoxy) is 2. The number of hydrogen-bond acceptors (Lipinski definition) is 3. The summed E-state index contributed by atoms with van der Waals surface area (Å²) in [6, 6.07) is 13.1. The molecule has 2 aromatic rings. The second-order valence-corrected chi connectivity index (χ2v) is 4.71. The fraction of sp³-hybridized carbons (Fsp3) is 0.118. The van der Waals surface area contributed by atoms with Crippen LogP contribution in [-0.2, 0) is 0 Å². The van der Waals surface area contributed by atoms with Gasteiger partial charge in [0.15, 0.2) is 5.76 Å². The zero-order valence-electron chi connectivity index (χ0n) is 11.3. The minimum atomic E-state index is -0.0699. The Hall–Kier alpha value is -2.55. The predicted octanol–water partition coefficient (Wildman–Crippen LogP) is 3.62. The molecule has 3 rings (SSSR count). The summed E-state index contributed by atoms with van der Waals surface area (Å²) in [5, 5.41) is 0. The van der Waals surface area contributed by atoms with Gasteiger partial charge >= 0.3 is 0 Å². The van der Waals surface area contributed by atoms with E-state index in [1.165, 1.54) is 0 Å². The topological polar surface area (TPSA) is 35.5 Å². The number of carbonyl (C=O) groups is 1. The Bertz CT molecular complexity index is 697. The maximum Gasteiger partial charge on any atom is 0.231 e. The molecule has 3 nitrogen and oxygen atoms in total. The lowest BCUT2D eigenvalue weighted by atomic mass is 10.1. The molecule has 0 bridgehead atoms. The molecule has 1 aliphatic rings.